The van der Waals surface area contributed by atoms with E-state index in [0.29, 0.717) is 5.95 Å². The summed E-state index contributed by atoms with van der Waals surface area (Å²) in [7, 11) is 0. The van der Waals surface area contributed by atoms with E-state index in [9.17, 15) is 0 Å². The van der Waals surface area contributed by atoms with Crippen LogP contribution in [0.25, 0.3) is 110 Å². The van der Waals surface area contributed by atoms with Crippen LogP contribution in [0.3, 0.4) is 0 Å². The van der Waals surface area contributed by atoms with Gasteiger partial charge in [-0.1, -0.05) is 152 Å². The lowest BCUT2D eigenvalue weighted by Gasteiger charge is -2.14. The van der Waals surface area contributed by atoms with Gasteiger partial charge in [-0.3, -0.25) is 4.57 Å². The van der Waals surface area contributed by atoms with Crippen LogP contribution in [0.2, 0.25) is 0 Å². The lowest BCUT2D eigenvalue weighted by atomic mass is 9.96. The van der Waals surface area contributed by atoms with Crippen molar-refractivity contribution < 1.29 is 0 Å². The molecule has 0 bridgehead atoms. The monoisotopic (exact) mass is 738 g/mol. The van der Waals surface area contributed by atoms with Crippen molar-refractivity contribution in [2.45, 2.75) is 0 Å². The highest BCUT2D eigenvalue weighted by Gasteiger charge is 2.21. The van der Waals surface area contributed by atoms with Crippen LogP contribution < -0.4 is 0 Å². The maximum atomic E-state index is 5.50. The molecule has 3 heterocycles. The molecule has 0 aliphatic carbocycles. The van der Waals surface area contributed by atoms with Crippen molar-refractivity contribution in [1.82, 2.24) is 19.1 Å². The highest BCUT2D eigenvalue weighted by molar-refractivity contribution is 6.22. The zero-order valence-corrected chi connectivity index (χ0v) is 31.4. The maximum absolute atomic E-state index is 5.50. The molecule has 0 radical (unpaired) electrons. The van der Waals surface area contributed by atoms with E-state index in [-0.39, 0.29) is 0 Å². The number of fused-ring (bicyclic) bond motifs is 9. The first kappa shape index (κ1) is 32.4. The molecule has 0 spiro atoms. The highest BCUT2D eigenvalue weighted by Crippen LogP contribution is 2.41. The van der Waals surface area contributed by atoms with E-state index in [0.717, 1.165) is 55.6 Å². The van der Waals surface area contributed by atoms with Crippen LogP contribution in [-0.2, 0) is 0 Å². The number of aromatic nitrogens is 4. The third-order valence-electron chi connectivity index (χ3n) is 11.7. The van der Waals surface area contributed by atoms with Crippen molar-refractivity contribution in [2.75, 3.05) is 0 Å². The molecule has 0 saturated heterocycles. The van der Waals surface area contributed by atoms with Gasteiger partial charge in [-0.05, 0) is 87.6 Å². The van der Waals surface area contributed by atoms with Crippen molar-refractivity contribution in [3.05, 3.63) is 206 Å². The van der Waals surface area contributed by atoms with Gasteiger partial charge in [-0.25, -0.2) is 9.97 Å². The molecule has 58 heavy (non-hydrogen) atoms. The summed E-state index contributed by atoms with van der Waals surface area (Å²) in [6, 6.07) is 73.8. The van der Waals surface area contributed by atoms with Crippen LogP contribution in [0.4, 0.5) is 0 Å². The fourth-order valence-electron chi connectivity index (χ4n) is 9.12. The summed E-state index contributed by atoms with van der Waals surface area (Å²) in [6.45, 7) is 0. The summed E-state index contributed by atoms with van der Waals surface area (Å²) in [5, 5.41) is 8.26. The van der Waals surface area contributed by atoms with Gasteiger partial charge in [-0.15, -0.1) is 0 Å². The number of benzene rings is 9. The summed E-state index contributed by atoms with van der Waals surface area (Å²) >= 11 is 0. The smallest absolute Gasteiger partial charge is 0.235 e. The summed E-state index contributed by atoms with van der Waals surface area (Å²) in [5.41, 5.74) is 13.2. The fourth-order valence-corrected chi connectivity index (χ4v) is 9.12. The van der Waals surface area contributed by atoms with E-state index >= 15 is 0 Å². The van der Waals surface area contributed by atoms with Gasteiger partial charge in [0.25, 0.3) is 0 Å². The Hall–Kier alpha value is -7.82. The second kappa shape index (κ2) is 12.9. The Morgan fingerprint density at radius 1 is 0.328 bits per heavy atom. The average molecular weight is 739 g/mol. The average Bonchev–Trinajstić information content (AvgIpc) is 3.82. The maximum Gasteiger partial charge on any atom is 0.235 e. The molecule has 0 N–H and O–H groups in total. The minimum Gasteiger partial charge on any atom is -0.309 e. The molecule has 0 aliphatic rings. The molecule has 0 aliphatic heterocycles. The van der Waals surface area contributed by atoms with Crippen LogP contribution in [0.15, 0.2) is 206 Å². The van der Waals surface area contributed by atoms with Gasteiger partial charge in [0.2, 0.25) is 5.95 Å². The van der Waals surface area contributed by atoms with Crippen LogP contribution >= 0.6 is 0 Å². The first-order valence-corrected chi connectivity index (χ1v) is 19.8. The molecular weight excluding hydrogens is 705 g/mol. The van der Waals surface area contributed by atoms with Crippen LogP contribution in [0.1, 0.15) is 0 Å². The minimum atomic E-state index is 0.648. The first-order valence-electron chi connectivity index (χ1n) is 19.8. The molecule has 3 aromatic heterocycles. The number of para-hydroxylation sites is 3. The van der Waals surface area contributed by atoms with Crippen molar-refractivity contribution in [3.63, 3.8) is 0 Å². The van der Waals surface area contributed by atoms with E-state index in [4.69, 9.17) is 9.97 Å². The fraction of sp³-hybridized carbons (Fsp3) is 0. The zero-order chi connectivity index (χ0) is 38.2. The van der Waals surface area contributed by atoms with Gasteiger partial charge in [0.1, 0.15) is 0 Å². The Balaban J connectivity index is 1.11. The van der Waals surface area contributed by atoms with Gasteiger partial charge in [0.15, 0.2) is 0 Å². The number of hydrogen-bond acceptors (Lipinski definition) is 2. The highest BCUT2D eigenvalue weighted by atomic mass is 15.2. The van der Waals surface area contributed by atoms with Gasteiger partial charge in [0, 0.05) is 38.2 Å². The minimum absolute atomic E-state index is 0.648. The summed E-state index contributed by atoms with van der Waals surface area (Å²) < 4.78 is 4.63. The Labute approximate surface area is 334 Å². The molecule has 12 aromatic rings. The van der Waals surface area contributed by atoms with E-state index in [2.05, 4.69) is 215 Å². The standard InChI is InChI=1S/C54H34N4/c1-3-15-35(16-4-1)40-20-9-10-23-43(40)53-44-24-11-13-25-47(44)55-54(56-53)58-50-31-29-38(34-46(50)52-41-21-8-7-17-36(41)27-32-51(52)58)37-28-30-49-45(33-37)42-22-12-14-26-48(42)57(49)39-18-5-2-6-19-39/h1-34H. The zero-order valence-electron chi connectivity index (χ0n) is 31.4. The second-order valence-electron chi connectivity index (χ2n) is 15.0. The van der Waals surface area contributed by atoms with Gasteiger partial charge < -0.3 is 4.57 Å². The molecule has 0 saturated carbocycles. The van der Waals surface area contributed by atoms with Crippen molar-refractivity contribution in [3.8, 4) is 45.1 Å². The molecule has 0 amide bonds. The van der Waals surface area contributed by atoms with Crippen molar-refractivity contribution >= 4 is 65.3 Å². The Morgan fingerprint density at radius 3 is 1.72 bits per heavy atom. The second-order valence-corrected chi connectivity index (χ2v) is 15.0. The lowest BCUT2D eigenvalue weighted by molar-refractivity contribution is 1.01. The van der Waals surface area contributed by atoms with E-state index in [1.807, 2.05) is 0 Å². The predicted octanol–water partition coefficient (Wildman–Crippen LogP) is 14.0. The molecule has 0 unspecified atom stereocenters. The third kappa shape index (κ3) is 4.95. The van der Waals surface area contributed by atoms with Crippen LogP contribution in [-0.4, -0.2) is 19.1 Å². The molecular formula is C54H34N4. The third-order valence-corrected chi connectivity index (χ3v) is 11.7. The number of hydrogen-bond donors (Lipinski definition) is 0. The lowest BCUT2D eigenvalue weighted by Crippen LogP contribution is -2.04. The van der Waals surface area contributed by atoms with Gasteiger partial charge >= 0.3 is 0 Å². The normalized spacial score (nSPS) is 11.8. The molecule has 0 atom stereocenters. The molecule has 12 rings (SSSR count). The molecule has 270 valence electrons. The molecule has 4 nitrogen and oxygen atoms in total. The quantitative estimate of drug-likeness (QED) is 0.176. The van der Waals surface area contributed by atoms with Gasteiger partial charge in [0.05, 0.1) is 33.3 Å². The van der Waals surface area contributed by atoms with E-state index in [1.54, 1.807) is 0 Å². The summed E-state index contributed by atoms with van der Waals surface area (Å²) in [4.78, 5) is 10.8. The Bertz CT molecular complexity index is 3560. The van der Waals surface area contributed by atoms with Crippen LogP contribution in [0.5, 0.6) is 0 Å². The summed E-state index contributed by atoms with van der Waals surface area (Å²) in [6.07, 6.45) is 0. The topological polar surface area (TPSA) is 35.6 Å². The Morgan fingerprint density at radius 2 is 0.914 bits per heavy atom. The van der Waals surface area contributed by atoms with E-state index in [1.165, 1.54) is 48.9 Å². The SMILES string of the molecule is c1ccc(-c2ccccc2-c2nc(-n3c4ccc(-c5ccc6c(c5)c5ccccc5n6-c5ccccc5)cc4c4c5ccccc5ccc43)nc3ccccc23)cc1. The largest absolute Gasteiger partial charge is 0.309 e. The summed E-state index contributed by atoms with van der Waals surface area (Å²) in [5.74, 6) is 0.648. The molecule has 9 aromatic carbocycles. The molecule has 4 heteroatoms. The van der Waals surface area contributed by atoms with Gasteiger partial charge in [-0.2, -0.15) is 0 Å². The number of nitrogens with zero attached hydrogens (tertiary/aromatic N) is 4. The number of rotatable bonds is 5. The van der Waals surface area contributed by atoms with E-state index < -0.39 is 0 Å². The molecule has 0 fully saturated rings. The van der Waals surface area contributed by atoms with Crippen molar-refractivity contribution in [2.24, 2.45) is 0 Å². The van der Waals surface area contributed by atoms with Crippen LogP contribution in [0, 0.1) is 0 Å². The Kier molecular flexibility index (Phi) is 7.20. The van der Waals surface area contributed by atoms with Crippen molar-refractivity contribution in [1.29, 1.82) is 0 Å². The first-order chi connectivity index (χ1) is 28.8. The predicted molar refractivity (Wildman–Crippen MR) is 242 cm³/mol.